The highest BCUT2D eigenvalue weighted by Gasteiger charge is 2.31. The molecule has 0 saturated carbocycles. The molecule has 170 valence electrons. The summed E-state index contributed by atoms with van der Waals surface area (Å²) in [6, 6.07) is 11.9. The van der Waals surface area contributed by atoms with Crippen LogP contribution in [0.2, 0.25) is 0 Å². The molecule has 2 amide bonds. The molecule has 0 spiro atoms. The Morgan fingerprint density at radius 1 is 0.939 bits per heavy atom. The molecule has 0 aliphatic rings. The number of rotatable bonds is 6. The topological polar surface area (TPSA) is 121 Å². The molecule has 1 heterocycles. The number of benzene rings is 2. The van der Waals surface area contributed by atoms with Crippen LogP contribution in [0.4, 0.5) is 29.3 Å². The second kappa shape index (κ2) is 9.47. The molecular formula is C22H17F3N4O4. The molecule has 0 bridgehead atoms. The molecule has 0 fully saturated rings. The van der Waals surface area contributed by atoms with Crippen LogP contribution in [0.1, 0.15) is 28.0 Å². The van der Waals surface area contributed by atoms with Gasteiger partial charge in [-0.3, -0.25) is 14.9 Å². The fraction of sp³-hybridized carbons (Fsp3) is 0.136. The number of carboxylic acid groups (broad SMARTS) is 1. The minimum atomic E-state index is -4.71. The fourth-order valence-corrected chi connectivity index (χ4v) is 2.90. The van der Waals surface area contributed by atoms with Gasteiger partial charge in [0.05, 0.1) is 34.7 Å². The maximum Gasteiger partial charge on any atom is 0.416 e. The van der Waals surface area contributed by atoms with E-state index in [0.717, 1.165) is 6.07 Å². The standard InChI is InChI=1S/C22H17F3N4O4/c1-12-5-7-16(29-28-12)13-3-2-4-14(9-13)19(30)11-20(31)26-18-10-15(22(23,24)25)6-8-17(18)27-21(32)33/h2-10,27H,11H2,1H3,(H,26,31)(H,32,33). The molecule has 2 aromatic carbocycles. The van der Waals surface area contributed by atoms with Crippen molar-refractivity contribution in [3.8, 4) is 11.3 Å². The quantitative estimate of drug-likeness (QED) is 0.361. The molecule has 3 N–H and O–H groups in total. The van der Waals surface area contributed by atoms with Crippen LogP contribution in [0.15, 0.2) is 54.6 Å². The number of hydrogen-bond acceptors (Lipinski definition) is 5. The van der Waals surface area contributed by atoms with Crippen molar-refractivity contribution in [2.75, 3.05) is 10.6 Å². The Kier molecular flexibility index (Phi) is 6.71. The zero-order valence-corrected chi connectivity index (χ0v) is 17.1. The number of amides is 2. The summed E-state index contributed by atoms with van der Waals surface area (Å²) < 4.78 is 39.1. The maximum absolute atomic E-state index is 13.0. The molecule has 8 nitrogen and oxygen atoms in total. The molecule has 0 atom stereocenters. The summed E-state index contributed by atoms with van der Waals surface area (Å²) in [5.74, 6) is -1.50. The lowest BCUT2D eigenvalue weighted by Gasteiger charge is -2.14. The normalized spacial score (nSPS) is 11.0. The van der Waals surface area contributed by atoms with Crippen molar-refractivity contribution in [1.29, 1.82) is 0 Å². The summed E-state index contributed by atoms with van der Waals surface area (Å²) in [5.41, 5.74) is 0.247. The number of ketones is 1. The number of Topliss-reactive ketones (excluding diaryl/α,β-unsaturated/α-hetero) is 1. The second-order valence-corrected chi connectivity index (χ2v) is 6.98. The van der Waals surface area contributed by atoms with Gasteiger partial charge in [-0.25, -0.2) is 4.79 Å². The van der Waals surface area contributed by atoms with E-state index in [2.05, 4.69) is 15.5 Å². The maximum atomic E-state index is 13.0. The Labute approximate surface area is 185 Å². The van der Waals surface area contributed by atoms with Crippen molar-refractivity contribution in [2.24, 2.45) is 0 Å². The lowest BCUT2D eigenvalue weighted by molar-refractivity contribution is -0.137. The molecule has 0 radical (unpaired) electrons. The summed E-state index contributed by atoms with van der Waals surface area (Å²) in [7, 11) is 0. The number of aromatic nitrogens is 2. The van der Waals surface area contributed by atoms with Crippen LogP contribution in [-0.4, -0.2) is 33.1 Å². The fourth-order valence-electron chi connectivity index (χ4n) is 2.90. The van der Waals surface area contributed by atoms with Crippen LogP contribution < -0.4 is 10.6 Å². The number of aryl methyl sites for hydroxylation is 1. The SMILES string of the molecule is Cc1ccc(-c2cccc(C(=O)CC(=O)Nc3cc(C(F)(F)F)ccc3NC(=O)O)c2)nn1. The highest BCUT2D eigenvalue weighted by Crippen LogP contribution is 2.34. The van der Waals surface area contributed by atoms with Crippen molar-refractivity contribution in [1.82, 2.24) is 10.2 Å². The van der Waals surface area contributed by atoms with E-state index >= 15 is 0 Å². The van der Waals surface area contributed by atoms with Crippen molar-refractivity contribution in [3.63, 3.8) is 0 Å². The second-order valence-electron chi connectivity index (χ2n) is 6.98. The smallest absolute Gasteiger partial charge is 0.416 e. The van der Waals surface area contributed by atoms with E-state index < -0.39 is 41.6 Å². The van der Waals surface area contributed by atoms with Gasteiger partial charge in [-0.1, -0.05) is 18.2 Å². The van der Waals surface area contributed by atoms with Gasteiger partial charge < -0.3 is 10.4 Å². The molecule has 0 aliphatic carbocycles. The number of nitrogens with zero attached hydrogens (tertiary/aromatic N) is 2. The van der Waals surface area contributed by atoms with Crippen LogP contribution in [0.25, 0.3) is 11.3 Å². The van der Waals surface area contributed by atoms with Crippen molar-refractivity contribution >= 4 is 29.2 Å². The Hall–Kier alpha value is -4.28. The molecule has 1 aromatic heterocycles. The summed E-state index contributed by atoms with van der Waals surface area (Å²) in [5, 5.41) is 20.9. The molecule has 11 heteroatoms. The van der Waals surface area contributed by atoms with Gasteiger partial charge in [0.15, 0.2) is 5.78 Å². The van der Waals surface area contributed by atoms with Gasteiger partial charge in [-0.15, -0.1) is 0 Å². The number of alkyl halides is 3. The molecular weight excluding hydrogens is 441 g/mol. The predicted molar refractivity (Wildman–Crippen MR) is 113 cm³/mol. The third kappa shape index (κ3) is 6.12. The zero-order chi connectivity index (χ0) is 24.2. The number of carbonyl (C=O) groups excluding carboxylic acids is 2. The van der Waals surface area contributed by atoms with Crippen LogP contribution in [0.5, 0.6) is 0 Å². The molecule has 3 rings (SSSR count). The first kappa shape index (κ1) is 23.4. The first-order valence-corrected chi connectivity index (χ1v) is 9.48. The van der Waals surface area contributed by atoms with Crippen LogP contribution in [0.3, 0.4) is 0 Å². The van der Waals surface area contributed by atoms with Crippen LogP contribution >= 0.6 is 0 Å². The van der Waals surface area contributed by atoms with E-state index in [-0.39, 0.29) is 11.3 Å². The first-order valence-electron chi connectivity index (χ1n) is 9.48. The Morgan fingerprint density at radius 2 is 1.70 bits per heavy atom. The van der Waals surface area contributed by atoms with Crippen molar-refractivity contribution in [3.05, 3.63) is 71.4 Å². The lowest BCUT2D eigenvalue weighted by atomic mass is 10.0. The average molecular weight is 458 g/mol. The first-order chi connectivity index (χ1) is 15.5. The summed E-state index contributed by atoms with van der Waals surface area (Å²) in [4.78, 5) is 35.9. The number of carbonyl (C=O) groups is 3. The van der Waals surface area contributed by atoms with E-state index in [0.29, 0.717) is 29.1 Å². The number of halogens is 3. The third-order valence-corrected chi connectivity index (χ3v) is 4.46. The summed E-state index contributed by atoms with van der Waals surface area (Å²) >= 11 is 0. The predicted octanol–water partition coefficient (Wildman–Crippen LogP) is 4.77. The van der Waals surface area contributed by atoms with Gasteiger partial charge in [0, 0.05) is 11.1 Å². The average Bonchev–Trinajstić information content (AvgIpc) is 2.74. The van der Waals surface area contributed by atoms with Crippen LogP contribution in [-0.2, 0) is 11.0 Å². The van der Waals surface area contributed by atoms with E-state index in [9.17, 15) is 27.6 Å². The molecule has 33 heavy (non-hydrogen) atoms. The highest BCUT2D eigenvalue weighted by molar-refractivity contribution is 6.12. The number of nitrogens with one attached hydrogen (secondary N) is 2. The monoisotopic (exact) mass is 458 g/mol. The third-order valence-electron chi connectivity index (χ3n) is 4.46. The minimum Gasteiger partial charge on any atom is -0.465 e. The van der Waals surface area contributed by atoms with E-state index in [4.69, 9.17) is 5.11 Å². The zero-order valence-electron chi connectivity index (χ0n) is 17.1. The van der Waals surface area contributed by atoms with E-state index in [1.54, 1.807) is 31.2 Å². The Morgan fingerprint density at radius 3 is 2.33 bits per heavy atom. The summed E-state index contributed by atoms with van der Waals surface area (Å²) in [6.45, 7) is 1.77. The lowest BCUT2D eigenvalue weighted by Crippen LogP contribution is -2.19. The van der Waals surface area contributed by atoms with Crippen molar-refractivity contribution < 1.29 is 32.7 Å². The molecule has 0 saturated heterocycles. The van der Waals surface area contributed by atoms with Gasteiger partial charge in [0.25, 0.3) is 0 Å². The van der Waals surface area contributed by atoms with Gasteiger partial charge in [-0.2, -0.15) is 23.4 Å². The minimum absolute atomic E-state index is 0.193. The Bertz CT molecular complexity index is 1210. The molecule has 0 aliphatic heterocycles. The molecule has 3 aromatic rings. The van der Waals surface area contributed by atoms with E-state index in [1.165, 1.54) is 12.1 Å². The Balaban J connectivity index is 1.78. The van der Waals surface area contributed by atoms with Gasteiger partial charge in [-0.05, 0) is 43.3 Å². The summed E-state index contributed by atoms with van der Waals surface area (Å²) in [6.07, 6.45) is -6.92. The van der Waals surface area contributed by atoms with Crippen LogP contribution in [0, 0.1) is 6.92 Å². The van der Waals surface area contributed by atoms with Gasteiger partial charge >= 0.3 is 12.3 Å². The largest absolute Gasteiger partial charge is 0.465 e. The van der Waals surface area contributed by atoms with Crippen molar-refractivity contribution in [2.45, 2.75) is 19.5 Å². The van der Waals surface area contributed by atoms with E-state index in [1.807, 2.05) is 5.32 Å². The number of anilines is 2. The van der Waals surface area contributed by atoms with Gasteiger partial charge in [0.1, 0.15) is 0 Å². The number of hydrogen-bond donors (Lipinski definition) is 3. The van der Waals surface area contributed by atoms with Gasteiger partial charge in [0.2, 0.25) is 5.91 Å². The molecule has 0 unspecified atom stereocenters. The highest BCUT2D eigenvalue weighted by atomic mass is 19.4.